The van der Waals surface area contributed by atoms with Crippen LogP contribution in [0, 0.1) is 0 Å². The second-order valence-electron chi connectivity index (χ2n) is 4.05. The van der Waals surface area contributed by atoms with Crippen molar-refractivity contribution in [1.82, 2.24) is 0 Å². The average Bonchev–Trinajstić information content (AvgIpc) is 2.50. The van der Waals surface area contributed by atoms with Gasteiger partial charge in [-0.05, 0) is 10.8 Å². The molecule has 0 fully saturated rings. The average molecular weight is 260 g/mol. The van der Waals surface area contributed by atoms with Crippen molar-refractivity contribution in [2.45, 2.75) is 60.8 Å². The molecule has 19 heavy (non-hydrogen) atoms. The number of fused-ring (bicyclic) bond motifs is 1. The van der Waals surface area contributed by atoms with Crippen LogP contribution >= 0.6 is 0 Å². The van der Waals surface area contributed by atoms with Crippen molar-refractivity contribution in [3.05, 3.63) is 48.5 Å². The van der Waals surface area contributed by atoms with E-state index in [9.17, 15) is 0 Å². The minimum atomic E-state index is 1.25. The van der Waals surface area contributed by atoms with Gasteiger partial charge in [-0.1, -0.05) is 109 Å². The smallest absolute Gasteiger partial charge is 0.0184 e. The first-order chi connectivity index (χ1) is 9.29. The Hall–Kier alpha value is -1.30. The maximum atomic E-state index is 2.18. The molecule has 0 aliphatic heterocycles. The van der Waals surface area contributed by atoms with E-state index in [1.807, 2.05) is 13.8 Å². The monoisotopic (exact) mass is 260 g/mol. The van der Waals surface area contributed by atoms with Gasteiger partial charge in [-0.2, -0.15) is 0 Å². The summed E-state index contributed by atoms with van der Waals surface area (Å²) in [5.41, 5.74) is 0. The van der Waals surface area contributed by atoms with Crippen LogP contribution in [0.2, 0.25) is 0 Å². The molecule has 0 radical (unpaired) electrons. The fourth-order valence-electron chi connectivity index (χ4n) is 1.13. The minimum Gasteiger partial charge on any atom is -0.0683 e. The van der Waals surface area contributed by atoms with Crippen molar-refractivity contribution < 1.29 is 0 Å². The number of unbranched alkanes of at least 4 members (excludes halogenated alkanes) is 1. The van der Waals surface area contributed by atoms with E-state index in [0.717, 1.165) is 0 Å². The van der Waals surface area contributed by atoms with Crippen LogP contribution in [0.4, 0.5) is 0 Å². The van der Waals surface area contributed by atoms with Crippen LogP contribution in [0.15, 0.2) is 48.5 Å². The van der Waals surface area contributed by atoms with E-state index >= 15 is 0 Å². The molecule has 2 aromatic carbocycles. The van der Waals surface area contributed by atoms with Crippen molar-refractivity contribution in [3.8, 4) is 0 Å². The maximum Gasteiger partial charge on any atom is -0.0184 e. The summed E-state index contributed by atoms with van der Waals surface area (Å²) in [5, 5.41) is 2.62. The minimum absolute atomic E-state index is 1.25. The van der Waals surface area contributed by atoms with Crippen molar-refractivity contribution in [3.63, 3.8) is 0 Å². The molecule has 2 rings (SSSR count). The Morgan fingerprint density at radius 2 is 0.789 bits per heavy atom. The topological polar surface area (TPSA) is 0 Å². The zero-order chi connectivity index (χ0) is 14.9. The molecule has 0 N–H and O–H groups in total. The Bertz CT molecular complexity index is 309. The van der Waals surface area contributed by atoms with Crippen molar-refractivity contribution >= 4 is 10.8 Å². The molecule has 0 nitrogen and oxygen atoms in total. The van der Waals surface area contributed by atoms with Gasteiger partial charge in [0.05, 0.1) is 0 Å². The van der Waals surface area contributed by atoms with Gasteiger partial charge in [-0.15, -0.1) is 0 Å². The third kappa shape index (κ3) is 11.5. The molecule has 0 unspecified atom stereocenters. The van der Waals surface area contributed by atoms with Gasteiger partial charge in [0.2, 0.25) is 0 Å². The summed E-state index contributed by atoms with van der Waals surface area (Å²) in [5.74, 6) is 0. The van der Waals surface area contributed by atoms with Gasteiger partial charge >= 0.3 is 0 Å². The predicted octanol–water partition coefficient (Wildman–Crippen LogP) is 7.09. The predicted molar refractivity (Wildman–Crippen MR) is 91.8 cm³/mol. The zero-order valence-corrected chi connectivity index (χ0v) is 13.7. The molecule has 0 amide bonds. The lowest BCUT2D eigenvalue weighted by atomic mass is 10.1. The highest BCUT2D eigenvalue weighted by molar-refractivity contribution is 5.81. The highest BCUT2D eigenvalue weighted by Gasteiger charge is 1.85. The zero-order valence-electron chi connectivity index (χ0n) is 13.7. The second-order valence-corrected chi connectivity index (χ2v) is 4.05. The molecule has 2 aromatic rings. The fraction of sp³-hybridized carbons (Fsp3) is 0.474. The van der Waals surface area contributed by atoms with Crippen LogP contribution in [0.1, 0.15) is 60.8 Å². The molecule has 0 aliphatic carbocycles. The fourth-order valence-corrected chi connectivity index (χ4v) is 1.13. The van der Waals surface area contributed by atoms with E-state index in [1.54, 1.807) is 0 Å². The van der Waals surface area contributed by atoms with Gasteiger partial charge in [-0.3, -0.25) is 0 Å². The molecule has 0 atom stereocenters. The molecular formula is C19H32. The van der Waals surface area contributed by atoms with E-state index in [0.29, 0.717) is 0 Å². The van der Waals surface area contributed by atoms with Crippen molar-refractivity contribution in [2.24, 2.45) is 0 Å². The Kier molecular flexibility index (Phi) is 17.6. The molecule has 0 spiro atoms. The molecule has 0 saturated heterocycles. The molecule has 0 heteroatoms. The lowest BCUT2D eigenvalue weighted by molar-refractivity contribution is 0.886. The van der Waals surface area contributed by atoms with Gasteiger partial charge < -0.3 is 0 Å². The molecule has 0 heterocycles. The van der Waals surface area contributed by atoms with Crippen LogP contribution in [-0.2, 0) is 0 Å². The molecule has 108 valence electrons. The SMILES string of the molecule is CC.CCC.CCCC.c1ccc2ccccc2c1. The maximum absolute atomic E-state index is 2.18. The Morgan fingerprint density at radius 3 is 0.947 bits per heavy atom. The highest BCUT2D eigenvalue weighted by Crippen LogP contribution is 2.11. The van der Waals surface area contributed by atoms with Crippen LogP contribution in [0.5, 0.6) is 0 Å². The van der Waals surface area contributed by atoms with E-state index in [-0.39, 0.29) is 0 Å². The standard InChI is InChI=1S/C10H8.C4H10.C3H8.C2H6/c1-2-6-10-8-4-3-7-9(10)5-1;1-3-4-2;1-3-2;1-2/h1-8H;3-4H2,1-2H3;3H2,1-2H3;1-2H3. The summed E-state index contributed by atoms with van der Waals surface area (Å²) in [7, 11) is 0. The van der Waals surface area contributed by atoms with Gasteiger partial charge in [0.15, 0.2) is 0 Å². The number of rotatable bonds is 1. The Balaban J connectivity index is 0. The van der Waals surface area contributed by atoms with Crippen LogP contribution in [0.25, 0.3) is 10.8 Å². The van der Waals surface area contributed by atoms with E-state index in [1.165, 1.54) is 30.0 Å². The van der Waals surface area contributed by atoms with Crippen LogP contribution < -0.4 is 0 Å². The summed E-state index contributed by atoms with van der Waals surface area (Å²) in [6.45, 7) is 12.6. The quantitative estimate of drug-likeness (QED) is 0.513. The largest absolute Gasteiger partial charge is 0.0683 e. The third-order valence-electron chi connectivity index (χ3n) is 2.16. The molecule has 0 bridgehead atoms. The molecule has 0 aromatic heterocycles. The van der Waals surface area contributed by atoms with Gasteiger partial charge in [0.25, 0.3) is 0 Å². The third-order valence-corrected chi connectivity index (χ3v) is 2.16. The lowest BCUT2D eigenvalue weighted by Crippen LogP contribution is -1.67. The summed E-state index contributed by atoms with van der Waals surface area (Å²) < 4.78 is 0. The van der Waals surface area contributed by atoms with Crippen molar-refractivity contribution in [2.75, 3.05) is 0 Å². The highest BCUT2D eigenvalue weighted by atomic mass is 13.9. The van der Waals surface area contributed by atoms with E-state index in [4.69, 9.17) is 0 Å². The molecular weight excluding hydrogens is 228 g/mol. The van der Waals surface area contributed by atoms with E-state index in [2.05, 4.69) is 76.2 Å². The van der Waals surface area contributed by atoms with Crippen molar-refractivity contribution in [1.29, 1.82) is 0 Å². The summed E-state index contributed by atoms with van der Waals surface area (Å²) >= 11 is 0. The summed E-state index contributed by atoms with van der Waals surface area (Å²) in [4.78, 5) is 0. The lowest BCUT2D eigenvalue weighted by Gasteiger charge is -1.92. The normalized spacial score (nSPS) is 8.11. The number of hydrogen-bond donors (Lipinski definition) is 0. The molecule has 0 saturated carbocycles. The molecule has 0 aliphatic rings. The Labute approximate surface area is 120 Å². The summed E-state index contributed by atoms with van der Waals surface area (Å²) in [6.07, 6.45) is 3.89. The van der Waals surface area contributed by atoms with Gasteiger partial charge in [0, 0.05) is 0 Å². The summed E-state index contributed by atoms with van der Waals surface area (Å²) in [6, 6.07) is 16.7. The van der Waals surface area contributed by atoms with E-state index < -0.39 is 0 Å². The van der Waals surface area contributed by atoms with Gasteiger partial charge in [-0.25, -0.2) is 0 Å². The van der Waals surface area contributed by atoms with Crippen LogP contribution in [0.3, 0.4) is 0 Å². The van der Waals surface area contributed by atoms with Gasteiger partial charge in [0.1, 0.15) is 0 Å². The van der Waals surface area contributed by atoms with Crippen LogP contribution in [-0.4, -0.2) is 0 Å². The first-order valence-electron chi connectivity index (χ1n) is 7.73. The number of hydrogen-bond acceptors (Lipinski definition) is 0. The first kappa shape index (κ1) is 20.0. The Morgan fingerprint density at radius 1 is 0.579 bits per heavy atom. The second kappa shape index (κ2) is 16.7. The first-order valence-corrected chi connectivity index (χ1v) is 7.73. The number of benzene rings is 2.